The molecule has 0 radical (unpaired) electrons. The summed E-state index contributed by atoms with van der Waals surface area (Å²) in [7, 11) is 0. The van der Waals surface area contributed by atoms with E-state index in [1.54, 1.807) is 22.9 Å². The van der Waals surface area contributed by atoms with Crippen LogP contribution < -0.4 is 5.56 Å². The second-order valence-electron chi connectivity index (χ2n) is 7.97. The minimum Gasteiger partial charge on any atom is -0.270 e. The molecule has 0 amide bonds. The summed E-state index contributed by atoms with van der Waals surface area (Å²) in [5, 5.41) is 11.7. The van der Waals surface area contributed by atoms with E-state index in [1.165, 1.54) is 28.7 Å². The minimum absolute atomic E-state index is 0.0583. The third-order valence-electron chi connectivity index (χ3n) is 5.33. The fourth-order valence-corrected chi connectivity index (χ4v) is 5.48. The third-order valence-corrected chi connectivity index (χ3v) is 7.24. The smallest absolute Gasteiger partial charge is 0.258 e. The van der Waals surface area contributed by atoms with Crippen molar-refractivity contribution >= 4 is 28.1 Å². The van der Waals surface area contributed by atoms with Gasteiger partial charge in [0.2, 0.25) is 0 Å². The molecule has 33 heavy (non-hydrogen) atoms. The second kappa shape index (κ2) is 8.92. The van der Waals surface area contributed by atoms with Crippen LogP contribution in [-0.4, -0.2) is 29.1 Å². The number of rotatable bonds is 6. The van der Waals surface area contributed by atoms with Gasteiger partial charge < -0.3 is 0 Å². The maximum atomic E-state index is 12.6. The van der Waals surface area contributed by atoms with Gasteiger partial charge in [-0.25, -0.2) is 4.98 Å². The van der Waals surface area contributed by atoms with E-state index >= 15 is 0 Å². The molecule has 7 nitrogen and oxygen atoms in total. The van der Waals surface area contributed by atoms with E-state index in [4.69, 9.17) is 0 Å². The highest BCUT2D eigenvalue weighted by molar-refractivity contribution is 7.98. The number of thioether (sulfide) groups is 1. The summed E-state index contributed by atoms with van der Waals surface area (Å²) in [6.45, 7) is 6.26. The highest BCUT2D eigenvalue weighted by Gasteiger charge is 2.20. The van der Waals surface area contributed by atoms with Gasteiger partial charge in [-0.3, -0.25) is 18.7 Å². The van der Waals surface area contributed by atoms with E-state index in [1.807, 2.05) is 30.5 Å². The normalized spacial score (nSPS) is 11.5. The molecule has 166 valence electrons. The first kappa shape index (κ1) is 21.5. The number of nitrogens with zero attached hydrogens (tertiary/aromatic N) is 6. The summed E-state index contributed by atoms with van der Waals surface area (Å²) in [4.78, 5) is 22.2. The standard InChI is InChI=1S/C24H22N6OS2/c1-15(2)19-8-4-5-9-20(19)30-22(17-7-6-10-25-12-17)27-28-24(30)33-14-18-11-21(31)29-16(3)13-32-23(29)26-18/h4-13,15H,14H2,1-3H3. The number of benzene rings is 1. The number of pyridine rings is 1. The first-order chi connectivity index (χ1) is 16.0. The molecule has 0 aliphatic rings. The van der Waals surface area contributed by atoms with Crippen molar-refractivity contribution < 1.29 is 0 Å². The van der Waals surface area contributed by atoms with Crippen LogP contribution in [0.15, 0.2) is 70.2 Å². The molecule has 0 saturated carbocycles. The SMILES string of the molecule is Cc1csc2nc(CSc3nnc(-c4cccnc4)n3-c3ccccc3C(C)C)cc(=O)n12. The fourth-order valence-electron chi connectivity index (χ4n) is 3.76. The van der Waals surface area contributed by atoms with Crippen LogP contribution in [0.4, 0.5) is 0 Å². The molecule has 0 saturated heterocycles. The number of hydrogen-bond donors (Lipinski definition) is 0. The Kier molecular flexibility index (Phi) is 5.82. The van der Waals surface area contributed by atoms with Crippen LogP contribution in [0.3, 0.4) is 0 Å². The van der Waals surface area contributed by atoms with Gasteiger partial charge >= 0.3 is 0 Å². The Balaban J connectivity index is 1.57. The highest BCUT2D eigenvalue weighted by Crippen LogP contribution is 2.32. The van der Waals surface area contributed by atoms with Crippen molar-refractivity contribution in [3.8, 4) is 17.1 Å². The molecule has 0 aliphatic heterocycles. The van der Waals surface area contributed by atoms with Crippen molar-refractivity contribution in [2.24, 2.45) is 0 Å². The van der Waals surface area contributed by atoms with Gasteiger partial charge in [-0.15, -0.1) is 21.5 Å². The quantitative estimate of drug-likeness (QED) is 0.318. The minimum atomic E-state index is -0.0583. The van der Waals surface area contributed by atoms with Crippen LogP contribution in [0.1, 0.15) is 36.7 Å². The van der Waals surface area contributed by atoms with Crippen molar-refractivity contribution in [1.29, 1.82) is 0 Å². The molecule has 4 aromatic heterocycles. The number of aromatic nitrogens is 6. The van der Waals surface area contributed by atoms with Gasteiger partial charge in [0.15, 0.2) is 15.9 Å². The van der Waals surface area contributed by atoms with Gasteiger partial charge in [0.1, 0.15) is 0 Å². The van der Waals surface area contributed by atoms with E-state index in [2.05, 4.69) is 56.8 Å². The predicted molar refractivity (Wildman–Crippen MR) is 132 cm³/mol. The molecule has 0 atom stereocenters. The Morgan fingerprint density at radius 3 is 2.76 bits per heavy atom. The molecule has 0 spiro atoms. The number of thiazole rings is 1. The number of hydrogen-bond acceptors (Lipinski definition) is 7. The number of fused-ring (bicyclic) bond motifs is 1. The average Bonchev–Trinajstić information content (AvgIpc) is 3.42. The average molecular weight is 475 g/mol. The summed E-state index contributed by atoms with van der Waals surface area (Å²) < 4.78 is 3.72. The van der Waals surface area contributed by atoms with Crippen molar-refractivity contribution in [2.75, 3.05) is 0 Å². The largest absolute Gasteiger partial charge is 0.270 e. The van der Waals surface area contributed by atoms with Gasteiger partial charge in [0, 0.05) is 40.9 Å². The monoisotopic (exact) mass is 474 g/mol. The van der Waals surface area contributed by atoms with Gasteiger partial charge in [-0.1, -0.05) is 43.8 Å². The van der Waals surface area contributed by atoms with E-state index in [9.17, 15) is 4.79 Å². The van der Waals surface area contributed by atoms with E-state index in [0.717, 1.165) is 33.6 Å². The molecular formula is C24H22N6OS2. The summed E-state index contributed by atoms with van der Waals surface area (Å²) in [6.07, 6.45) is 3.54. The topological polar surface area (TPSA) is 78.0 Å². The zero-order chi connectivity index (χ0) is 22.9. The lowest BCUT2D eigenvalue weighted by Crippen LogP contribution is -2.14. The first-order valence-electron chi connectivity index (χ1n) is 10.6. The Bertz CT molecular complexity index is 1490. The van der Waals surface area contributed by atoms with E-state index in [0.29, 0.717) is 16.6 Å². The second-order valence-corrected chi connectivity index (χ2v) is 9.75. The Labute approximate surface area is 199 Å². The number of para-hydroxylation sites is 1. The lowest BCUT2D eigenvalue weighted by atomic mass is 10.0. The Morgan fingerprint density at radius 1 is 1.12 bits per heavy atom. The lowest BCUT2D eigenvalue weighted by Gasteiger charge is -2.16. The predicted octanol–water partition coefficient (Wildman–Crippen LogP) is 5.12. The Morgan fingerprint density at radius 2 is 1.97 bits per heavy atom. The molecule has 0 unspecified atom stereocenters. The molecule has 9 heteroatoms. The fraction of sp³-hybridized carbons (Fsp3) is 0.208. The van der Waals surface area contributed by atoms with E-state index < -0.39 is 0 Å². The van der Waals surface area contributed by atoms with Crippen molar-refractivity contribution in [1.82, 2.24) is 29.1 Å². The van der Waals surface area contributed by atoms with Crippen LogP contribution in [0.2, 0.25) is 0 Å². The summed E-state index contributed by atoms with van der Waals surface area (Å²) in [6, 6.07) is 13.8. The molecule has 1 aromatic carbocycles. The molecule has 4 heterocycles. The van der Waals surface area contributed by atoms with Crippen LogP contribution >= 0.6 is 23.1 Å². The molecule has 5 rings (SSSR count). The molecule has 0 aliphatic carbocycles. The zero-order valence-corrected chi connectivity index (χ0v) is 20.1. The van der Waals surface area contributed by atoms with Crippen LogP contribution in [0.25, 0.3) is 22.0 Å². The van der Waals surface area contributed by atoms with Crippen molar-refractivity contribution in [3.63, 3.8) is 0 Å². The third kappa shape index (κ3) is 4.09. The summed E-state index contributed by atoms with van der Waals surface area (Å²) in [5.41, 5.74) is 4.70. The van der Waals surface area contributed by atoms with Crippen molar-refractivity contribution in [3.05, 3.63) is 87.5 Å². The Hall–Kier alpha value is -3.30. The van der Waals surface area contributed by atoms with Gasteiger partial charge in [0.05, 0.1) is 11.4 Å². The number of aryl methyl sites for hydroxylation is 1. The lowest BCUT2D eigenvalue weighted by molar-refractivity contribution is 0.818. The van der Waals surface area contributed by atoms with Crippen LogP contribution in [0, 0.1) is 6.92 Å². The van der Waals surface area contributed by atoms with Gasteiger partial charge in [0.25, 0.3) is 5.56 Å². The molecule has 0 bridgehead atoms. The summed E-state index contributed by atoms with van der Waals surface area (Å²) >= 11 is 2.99. The zero-order valence-electron chi connectivity index (χ0n) is 18.5. The molecule has 0 fully saturated rings. The maximum absolute atomic E-state index is 12.6. The maximum Gasteiger partial charge on any atom is 0.258 e. The molecular weight excluding hydrogens is 452 g/mol. The van der Waals surface area contributed by atoms with Crippen LogP contribution in [0.5, 0.6) is 0 Å². The molecule has 5 aromatic rings. The first-order valence-corrected chi connectivity index (χ1v) is 12.4. The highest BCUT2D eigenvalue weighted by atomic mass is 32.2. The van der Waals surface area contributed by atoms with Crippen LogP contribution in [-0.2, 0) is 5.75 Å². The summed E-state index contributed by atoms with van der Waals surface area (Å²) in [5.74, 6) is 1.57. The molecule has 0 N–H and O–H groups in total. The van der Waals surface area contributed by atoms with E-state index in [-0.39, 0.29) is 5.56 Å². The van der Waals surface area contributed by atoms with Gasteiger partial charge in [-0.2, -0.15) is 0 Å². The van der Waals surface area contributed by atoms with Crippen molar-refractivity contribution in [2.45, 2.75) is 37.6 Å². The van der Waals surface area contributed by atoms with Gasteiger partial charge in [-0.05, 0) is 36.6 Å².